The summed E-state index contributed by atoms with van der Waals surface area (Å²) in [4.78, 5) is 28.4. The van der Waals surface area contributed by atoms with Crippen LogP contribution in [0, 0.1) is 10.1 Å². The van der Waals surface area contributed by atoms with Crippen LogP contribution < -0.4 is 0 Å². The van der Waals surface area contributed by atoms with E-state index in [9.17, 15) is 14.9 Å². The number of carbonyl (C=O) groups is 1. The average molecular weight is 329 g/mol. The van der Waals surface area contributed by atoms with Crippen molar-refractivity contribution in [3.05, 3.63) is 40.1 Å². The van der Waals surface area contributed by atoms with Gasteiger partial charge in [-0.15, -0.1) is 0 Å². The highest BCUT2D eigenvalue weighted by Crippen LogP contribution is 2.31. The van der Waals surface area contributed by atoms with Crippen LogP contribution in [0.15, 0.2) is 24.4 Å². The van der Waals surface area contributed by atoms with Crippen LogP contribution in [0.2, 0.25) is 0 Å². The zero-order valence-electron chi connectivity index (χ0n) is 13.2. The molecule has 7 nitrogen and oxygen atoms in total. The van der Waals surface area contributed by atoms with Crippen molar-refractivity contribution < 1.29 is 14.5 Å². The number of benzene rings is 1. The summed E-state index contributed by atoms with van der Waals surface area (Å²) in [7, 11) is 0. The number of ether oxygens (including phenoxy) is 1. The first-order valence-electron chi connectivity index (χ1n) is 8.33. The monoisotopic (exact) mass is 329 g/mol. The van der Waals surface area contributed by atoms with Gasteiger partial charge in [-0.1, -0.05) is 12.8 Å². The normalized spacial score (nSPS) is 23.9. The van der Waals surface area contributed by atoms with Crippen LogP contribution in [0.3, 0.4) is 0 Å². The number of rotatable bonds is 2. The van der Waals surface area contributed by atoms with Crippen LogP contribution in [0.1, 0.15) is 36.0 Å². The number of carbonyl (C=O) groups excluding carboxylic acids is 1. The van der Waals surface area contributed by atoms with Gasteiger partial charge >= 0.3 is 0 Å². The Kier molecular flexibility index (Phi) is 3.72. The molecule has 4 rings (SSSR count). The Morgan fingerprint density at radius 1 is 1.33 bits per heavy atom. The number of nitrogens with one attached hydrogen (secondary N) is 1. The first-order chi connectivity index (χ1) is 11.6. The third kappa shape index (κ3) is 2.45. The maximum atomic E-state index is 13.1. The Morgan fingerprint density at radius 3 is 3.00 bits per heavy atom. The summed E-state index contributed by atoms with van der Waals surface area (Å²) in [6, 6.07) is 4.70. The maximum Gasteiger partial charge on any atom is 0.271 e. The van der Waals surface area contributed by atoms with Gasteiger partial charge in [-0.25, -0.2) is 0 Å². The molecule has 2 atom stereocenters. The van der Waals surface area contributed by atoms with Gasteiger partial charge in [0.25, 0.3) is 11.6 Å². The Morgan fingerprint density at radius 2 is 2.17 bits per heavy atom. The zero-order valence-corrected chi connectivity index (χ0v) is 13.2. The molecule has 0 bridgehead atoms. The number of non-ortho nitro benzene ring substituents is 1. The summed E-state index contributed by atoms with van der Waals surface area (Å²) < 4.78 is 5.83. The van der Waals surface area contributed by atoms with Crippen LogP contribution in [-0.4, -0.2) is 46.0 Å². The quantitative estimate of drug-likeness (QED) is 0.678. The molecular formula is C17H19N3O4. The van der Waals surface area contributed by atoms with E-state index in [1.807, 2.05) is 4.90 Å². The molecule has 2 fully saturated rings. The lowest BCUT2D eigenvalue weighted by Gasteiger charge is -2.43. The summed E-state index contributed by atoms with van der Waals surface area (Å²) in [5.41, 5.74) is 1.20. The number of hydrogen-bond acceptors (Lipinski definition) is 4. The number of nitrogens with zero attached hydrogens (tertiary/aromatic N) is 2. The predicted octanol–water partition coefficient (Wildman–Crippen LogP) is 2.86. The van der Waals surface area contributed by atoms with Crippen LogP contribution in [-0.2, 0) is 4.74 Å². The number of nitro benzene ring substituents is 1. The van der Waals surface area contributed by atoms with Crippen molar-refractivity contribution in [2.45, 2.75) is 37.8 Å². The molecule has 1 aliphatic heterocycles. The molecule has 0 unspecified atom stereocenters. The smallest absolute Gasteiger partial charge is 0.271 e. The van der Waals surface area contributed by atoms with Crippen molar-refractivity contribution in [1.29, 1.82) is 0 Å². The van der Waals surface area contributed by atoms with E-state index < -0.39 is 4.92 Å². The zero-order chi connectivity index (χ0) is 16.7. The second-order valence-corrected chi connectivity index (χ2v) is 6.45. The molecule has 0 radical (unpaired) electrons. The van der Waals surface area contributed by atoms with Gasteiger partial charge in [-0.2, -0.15) is 0 Å². The molecule has 24 heavy (non-hydrogen) atoms. The molecule has 2 aliphatic rings. The molecule has 7 heteroatoms. The maximum absolute atomic E-state index is 13.1. The van der Waals surface area contributed by atoms with Crippen LogP contribution >= 0.6 is 0 Å². The van der Waals surface area contributed by atoms with Gasteiger partial charge in [-0.05, 0) is 18.9 Å². The lowest BCUT2D eigenvalue weighted by atomic mass is 9.89. The van der Waals surface area contributed by atoms with E-state index in [0.717, 1.165) is 31.1 Å². The molecule has 1 aliphatic carbocycles. The molecule has 1 amide bonds. The van der Waals surface area contributed by atoms with Gasteiger partial charge in [0.15, 0.2) is 0 Å². The van der Waals surface area contributed by atoms with Crippen molar-refractivity contribution in [1.82, 2.24) is 9.88 Å². The van der Waals surface area contributed by atoms with Crippen molar-refractivity contribution in [2.75, 3.05) is 13.2 Å². The lowest BCUT2D eigenvalue weighted by molar-refractivity contribution is -0.384. The number of hydrogen-bond donors (Lipinski definition) is 1. The molecule has 126 valence electrons. The molecule has 1 aromatic carbocycles. The first-order valence-corrected chi connectivity index (χ1v) is 8.33. The fourth-order valence-electron chi connectivity index (χ4n) is 3.91. The molecular weight excluding hydrogens is 310 g/mol. The van der Waals surface area contributed by atoms with E-state index in [0.29, 0.717) is 24.2 Å². The third-order valence-corrected chi connectivity index (χ3v) is 5.10. The Bertz CT molecular complexity index is 798. The van der Waals surface area contributed by atoms with E-state index >= 15 is 0 Å². The number of aromatic nitrogens is 1. The molecule has 2 heterocycles. The van der Waals surface area contributed by atoms with E-state index in [1.165, 1.54) is 12.1 Å². The molecule has 1 N–H and O–H groups in total. The number of H-pyrrole nitrogens is 1. The summed E-state index contributed by atoms with van der Waals surface area (Å²) >= 11 is 0. The summed E-state index contributed by atoms with van der Waals surface area (Å²) in [5.74, 6) is -0.0182. The second kappa shape index (κ2) is 5.90. The standard InChI is InChI=1S/C17H19N3O4/c21-17(19-7-8-24-16-4-2-1-3-15(16)19)13-10-18-14-9-11(20(22)23)5-6-12(13)14/h5-6,9-10,15-16,18H,1-4,7-8H2/t15-,16-/m0/s1. The Labute approximate surface area is 138 Å². The van der Waals surface area contributed by atoms with Crippen LogP contribution in [0.4, 0.5) is 5.69 Å². The summed E-state index contributed by atoms with van der Waals surface area (Å²) in [5, 5.41) is 11.6. The molecule has 1 aromatic heterocycles. The van der Waals surface area contributed by atoms with Gasteiger partial charge in [-0.3, -0.25) is 14.9 Å². The van der Waals surface area contributed by atoms with Crippen molar-refractivity contribution >= 4 is 22.5 Å². The minimum atomic E-state index is -0.434. The van der Waals surface area contributed by atoms with Gasteiger partial charge in [0.05, 0.1) is 34.8 Å². The number of morpholine rings is 1. The minimum Gasteiger partial charge on any atom is -0.374 e. The van der Waals surface area contributed by atoms with Gasteiger partial charge in [0.2, 0.25) is 0 Å². The lowest BCUT2D eigenvalue weighted by Crippen LogP contribution is -2.54. The molecule has 1 saturated carbocycles. The van der Waals surface area contributed by atoms with Crippen molar-refractivity contribution in [2.24, 2.45) is 0 Å². The Balaban J connectivity index is 1.66. The van der Waals surface area contributed by atoms with E-state index in [2.05, 4.69) is 4.98 Å². The Hall–Kier alpha value is -2.41. The summed E-state index contributed by atoms with van der Waals surface area (Å²) in [6.45, 7) is 1.17. The van der Waals surface area contributed by atoms with Crippen molar-refractivity contribution in [3.63, 3.8) is 0 Å². The molecule has 1 saturated heterocycles. The third-order valence-electron chi connectivity index (χ3n) is 5.10. The second-order valence-electron chi connectivity index (χ2n) is 6.45. The predicted molar refractivity (Wildman–Crippen MR) is 88.0 cm³/mol. The van der Waals surface area contributed by atoms with E-state index in [4.69, 9.17) is 4.74 Å². The average Bonchev–Trinajstić information content (AvgIpc) is 3.03. The van der Waals surface area contributed by atoms with Gasteiger partial charge < -0.3 is 14.6 Å². The topological polar surface area (TPSA) is 88.5 Å². The SMILES string of the molecule is O=C(c1c[nH]c2cc([N+](=O)[O-])ccc12)N1CCO[C@H]2CCCC[C@@H]21. The number of nitro groups is 1. The van der Waals surface area contributed by atoms with Gasteiger partial charge in [0.1, 0.15) is 0 Å². The highest BCUT2D eigenvalue weighted by molar-refractivity contribution is 6.07. The van der Waals surface area contributed by atoms with Crippen molar-refractivity contribution in [3.8, 4) is 0 Å². The number of aromatic amines is 1. The highest BCUT2D eigenvalue weighted by Gasteiger charge is 2.37. The highest BCUT2D eigenvalue weighted by atomic mass is 16.6. The fraction of sp³-hybridized carbons (Fsp3) is 0.471. The minimum absolute atomic E-state index is 0.0158. The number of fused-ring (bicyclic) bond motifs is 2. The number of amides is 1. The van der Waals surface area contributed by atoms with Crippen LogP contribution in [0.25, 0.3) is 10.9 Å². The fourth-order valence-corrected chi connectivity index (χ4v) is 3.91. The van der Waals surface area contributed by atoms with Gasteiger partial charge in [0, 0.05) is 30.3 Å². The largest absolute Gasteiger partial charge is 0.374 e. The van der Waals surface area contributed by atoms with Crippen LogP contribution in [0.5, 0.6) is 0 Å². The summed E-state index contributed by atoms with van der Waals surface area (Å²) in [6.07, 6.45) is 6.06. The molecule has 0 spiro atoms. The molecule has 2 aromatic rings. The van der Waals surface area contributed by atoms with E-state index in [1.54, 1.807) is 12.3 Å². The van der Waals surface area contributed by atoms with E-state index in [-0.39, 0.29) is 23.7 Å². The first kappa shape index (κ1) is 15.1.